The van der Waals surface area contributed by atoms with Crippen molar-refractivity contribution in [3.63, 3.8) is 0 Å². The van der Waals surface area contributed by atoms with Gasteiger partial charge in [0.15, 0.2) is 0 Å². The van der Waals surface area contributed by atoms with Crippen LogP contribution in [0.5, 0.6) is 0 Å². The zero-order chi connectivity index (χ0) is 11.8. The highest BCUT2D eigenvalue weighted by Gasteiger charge is 2.26. The minimum absolute atomic E-state index is 0.319. The number of rotatable bonds is 2. The Bertz CT molecular complexity index is 140. The van der Waals surface area contributed by atoms with Crippen LogP contribution in [0.2, 0.25) is 0 Å². The molecule has 2 unspecified atom stereocenters. The fraction of sp³-hybridized carbons (Fsp3) is 1.00. The third-order valence-electron chi connectivity index (χ3n) is 3.58. The second-order valence-electron chi connectivity index (χ2n) is 5.53. The first-order valence-corrected chi connectivity index (χ1v) is 6.63. The SMILES string of the molecule is CC1CC[C@@H](C(C)C)C(C)C1.CCCO. The van der Waals surface area contributed by atoms with Crippen molar-refractivity contribution in [2.75, 3.05) is 6.61 Å². The summed E-state index contributed by atoms with van der Waals surface area (Å²) in [6.07, 6.45) is 5.27. The zero-order valence-corrected chi connectivity index (χ0v) is 11.3. The number of aliphatic hydroxyl groups is 1. The van der Waals surface area contributed by atoms with Crippen molar-refractivity contribution in [2.24, 2.45) is 23.7 Å². The molecule has 0 aliphatic heterocycles. The Morgan fingerprint density at radius 2 is 1.73 bits per heavy atom. The average Bonchev–Trinajstić information content (AvgIpc) is 2.17. The maximum absolute atomic E-state index is 7.88. The van der Waals surface area contributed by atoms with Crippen LogP contribution in [0.3, 0.4) is 0 Å². The highest BCUT2D eigenvalue weighted by molar-refractivity contribution is 4.77. The van der Waals surface area contributed by atoms with Crippen molar-refractivity contribution in [3.8, 4) is 0 Å². The topological polar surface area (TPSA) is 20.2 Å². The Hall–Kier alpha value is -0.0400. The molecule has 1 N–H and O–H groups in total. The molecule has 0 amide bonds. The molecule has 0 aromatic carbocycles. The van der Waals surface area contributed by atoms with Gasteiger partial charge in [-0.05, 0) is 42.9 Å². The van der Waals surface area contributed by atoms with Gasteiger partial charge in [0.2, 0.25) is 0 Å². The minimum atomic E-state index is 0.319. The zero-order valence-electron chi connectivity index (χ0n) is 11.3. The maximum atomic E-state index is 7.88. The second kappa shape index (κ2) is 8.15. The lowest BCUT2D eigenvalue weighted by Crippen LogP contribution is -2.25. The van der Waals surface area contributed by atoms with Gasteiger partial charge in [-0.15, -0.1) is 0 Å². The first kappa shape index (κ1) is 15.0. The average molecular weight is 214 g/mol. The Kier molecular flexibility index (Phi) is 8.13. The number of hydrogen-bond donors (Lipinski definition) is 1. The molecule has 1 saturated carbocycles. The molecule has 1 nitrogen and oxygen atoms in total. The van der Waals surface area contributed by atoms with Crippen molar-refractivity contribution < 1.29 is 5.11 Å². The lowest BCUT2D eigenvalue weighted by molar-refractivity contribution is 0.158. The van der Waals surface area contributed by atoms with Crippen LogP contribution < -0.4 is 0 Å². The largest absolute Gasteiger partial charge is 0.396 e. The molecule has 0 radical (unpaired) electrons. The van der Waals surface area contributed by atoms with Crippen LogP contribution in [-0.4, -0.2) is 11.7 Å². The molecular formula is C14H30O. The molecule has 0 bridgehead atoms. The smallest absolute Gasteiger partial charge is 0.0428 e. The molecule has 3 atom stereocenters. The van der Waals surface area contributed by atoms with Gasteiger partial charge in [0.1, 0.15) is 0 Å². The fourth-order valence-corrected chi connectivity index (χ4v) is 2.68. The first-order valence-electron chi connectivity index (χ1n) is 6.63. The normalized spacial score (nSPS) is 31.0. The molecule has 0 spiro atoms. The summed E-state index contributed by atoms with van der Waals surface area (Å²) in [6, 6.07) is 0. The predicted molar refractivity (Wildman–Crippen MR) is 67.9 cm³/mol. The van der Waals surface area contributed by atoms with Gasteiger partial charge in [-0.2, -0.15) is 0 Å². The van der Waals surface area contributed by atoms with Crippen LogP contribution in [0.1, 0.15) is 60.3 Å². The van der Waals surface area contributed by atoms with E-state index in [1.54, 1.807) is 0 Å². The quantitative estimate of drug-likeness (QED) is 0.733. The van der Waals surface area contributed by atoms with Gasteiger partial charge < -0.3 is 5.11 Å². The molecule has 1 aliphatic rings. The molecule has 0 saturated heterocycles. The summed E-state index contributed by atoms with van der Waals surface area (Å²) in [5.74, 6) is 3.86. The standard InChI is InChI=1S/C11H22.C3H8O/c1-8(2)11-6-5-9(3)7-10(11)4;1-2-3-4/h8-11H,5-7H2,1-4H3;4H,2-3H2,1H3/t9?,10?,11-;/m0./s1. The lowest BCUT2D eigenvalue weighted by atomic mass is 9.71. The molecule has 0 aromatic rings. The summed E-state index contributed by atoms with van der Waals surface area (Å²) in [7, 11) is 0. The summed E-state index contributed by atoms with van der Waals surface area (Å²) in [4.78, 5) is 0. The third-order valence-corrected chi connectivity index (χ3v) is 3.58. The fourth-order valence-electron chi connectivity index (χ4n) is 2.68. The maximum Gasteiger partial charge on any atom is 0.0428 e. The van der Waals surface area contributed by atoms with Crippen molar-refractivity contribution in [1.82, 2.24) is 0 Å². The third kappa shape index (κ3) is 6.19. The molecular weight excluding hydrogens is 184 g/mol. The van der Waals surface area contributed by atoms with E-state index in [-0.39, 0.29) is 0 Å². The van der Waals surface area contributed by atoms with E-state index in [1.807, 2.05) is 6.92 Å². The first-order chi connectivity index (χ1) is 7.02. The second-order valence-corrected chi connectivity index (χ2v) is 5.53. The molecule has 1 heteroatoms. The summed E-state index contributed by atoms with van der Waals surface area (Å²) < 4.78 is 0. The van der Waals surface area contributed by atoms with E-state index < -0.39 is 0 Å². The molecule has 1 aliphatic carbocycles. The molecule has 0 heterocycles. The van der Waals surface area contributed by atoms with E-state index >= 15 is 0 Å². The number of aliphatic hydroxyl groups excluding tert-OH is 1. The minimum Gasteiger partial charge on any atom is -0.396 e. The van der Waals surface area contributed by atoms with Gasteiger partial charge in [0, 0.05) is 6.61 Å². The van der Waals surface area contributed by atoms with Gasteiger partial charge in [0.25, 0.3) is 0 Å². The van der Waals surface area contributed by atoms with Crippen LogP contribution in [0.25, 0.3) is 0 Å². The van der Waals surface area contributed by atoms with Crippen LogP contribution >= 0.6 is 0 Å². The van der Waals surface area contributed by atoms with E-state index in [9.17, 15) is 0 Å². The molecule has 0 aromatic heterocycles. The Labute approximate surface area is 96.3 Å². The van der Waals surface area contributed by atoms with E-state index in [2.05, 4.69) is 27.7 Å². The van der Waals surface area contributed by atoms with Gasteiger partial charge in [0.05, 0.1) is 0 Å². The van der Waals surface area contributed by atoms with Crippen LogP contribution in [0.4, 0.5) is 0 Å². The Morgan fingerprint density at radius 1 is 1.20 bits per heavy atom. The van der Waals surface area contributed by atoms with E-state index in [4.69, 9.17) is 5.11 Å². The van der Waals surface area contributed by atoms with Crippen molar-refractivity contribution >= 4 is 0 Å². The summed E-state index contributed by atoms with van der Waals surface area (Å²) >= 11 is 0. The van der Waals surface area contributed by atoms with Gasteiger partial charge in [-0.3, -0.25) is 0 Å². The van der Waals surface area contributed by atoms with E-state index in [0.29, 0.717) is 6.61 Å². The van der Waals surface area contributed by atoms with Crippen molar-refractivity contribution in [1.29, 1.82) is 0 Å². The van der Waals surface area contributed by atoms with Crippen LogP contribution in [-0.2, 0) is 0 Å². The number of hydrogen-bond acceptors (Lipinski definition) is 1. The highest BCUT2D eigenvalue weighted by atomic mass is 16.2. The molecule has 1 fully saturated rings. The monoisotopic (exact) mass is 214 g/mol. The summed E-state index contributed by atoms with van der Waals surface area (Å²) in [5, 5.41) is 7.88. The molecule has 1 rings (SSSR count). The van der Waals surface area contributed by atoms with Crippen molar-refractivity contribution in [3.05, 3.63) is 0 Å². The lowest BCUT2D eigenvalue weighted by Gasteiger charge is -2.35. The molecule has 15 heavy (non-hydrogen) atoms. The van der Waals surface area contributed by atoms with Gasteiger partial charge >= 0.3 is 0 Å². The predicted octanol–water partition coefficient (Wildman–Crippen LogP) is 4.10. The van der Waals surface area contributed by atoms with Crippen LogP contribution in [0.15, 0.2) is 0 Å². The van der Waals surface area contributed by atoms with Crippen molar-refractivity contribution in [2.45, 2.75) is 60.3 Å². The highest BCUT2D eigenvalue weighted by Crippen LogP contribution is 2.37. The van der Waals surface area contributed by atoms with E-state index in [1.165, 1.54) is 19.3 Å². The van der Waals surface area contributed by atoms with Gasteiger partial charge in [-0.25, -0.2) is 0 Å². The summed E-state index contributed by atoms with van der Waals surface area (Å²) in [6.45, 7) is 11.8. The Morgan fingerprint density at radius 3 is 2.07 bits per heavy atom. The Balaban J connectivity index is 0.000000423. The van der Waals surface area contributed by atoms with E-state index in [0.717, 1.165) is 30.1 Å². The van der Waals surface area contributed by atoms with Gasteiger partial charge in [-0.1, -0.05) is 41.0 Å². The summed E-state index contributed by atoms with van der Waals surface area (Å²) in [5.41, 5.74) is 0. The molecule has 92 valence electrons. The van der Waals surface area contributed by atoms with Crippen LogP contribution in [0, 0.1) is 23.7 Å².